The van der Waals surface area contributed by atoms with E-state index in [1.165, 1.54) is 6.21 Å². The Kier molecular flexibility index (Phi) is 6.27. The zero-order valence-corrected chi connectivity index (χ0v) is 16.5. The summed E-state index contributed by atoms with van der Waals surface area (Å²) in [6, 6.07) is 19.9. The number of benzene rings is 3. The van der Waals surface area contributed by atoms with E-state index in [-0.39, 0.29) is 11.7 Å². The normalized spacial score (nSPS) is 10.9. The number of aromatic hydroxyl groups is 1. The number of nitrogens with zero attached hydrogens (tertiary/aromatic N) is 1. The Morgan fingerprint density at radius 2 is 1.93 bits per heavy atom. The molecule has 136 valence electrons. The molecule has 0 aliphatic rings. The number of rotatable bonds is 5. The number of carbonyl (C=O) groups is 1. The summed E-state index contributed by atoms with van der Waals surface area (Å²) in [5.74, 6) is -0.252. The summed E-state index contributed by atoms with van der Waals surface area (Å²) in [5.41, 5.74) is 5.42. The topological polar surface area (TPSA) is 61.7 Å². The van der Waals surface area contributed by atoms with Crippen LogP contribution in [0.3, 0.4) is 0 Å². The van der Waals surface area contributed by atoms with E-state index >= 15 is 0 Å². The Hall–Kier alpha value is -2.63. The van der Waals surface area contributed by atoms with Gasteiger partial charge >= 0.3 is 0 Å². The molecule has 2 N–H and O–H groups in total. The Balaban J connectivity index is 1.72. The third-order valence-electron chi connectivity index (χ3n) is 3.90. The fourth-order valence-corrected chi connectivity index (χ4v) is 3.14. The average Bonchev–Trinajstić information content (AvgIpc) is 2.66. The third-order valence-corrected chi connectivity index (χ3v) is 4.76. The number of amides is 1. The van der Waals surface area contributed by atoms with Gasteiger partial charge in [-0.05, 0) is 53.9 Å². The van der Waals surface area contributed by atoms with Crippen molar-refractivity contribution in [2.24, 2.45) is 5.10 Å². The first-order valence-corrected chi connectivity index (χ1v) is 9.34. The fraction of sp³-hybridized carbons (Fsp3) is 0.0476. The van der Waals surface area contributed by atoms with Crippen LogP contribution in [0.1, 0.15) is 27.0 Å². The van der Waals surface area contributed by atoms with Crippen molar-refractivity contribution in [1.29, 1.82) is 0 Å². The molecule has 0 aromatic heterocycles. The van der Waals surface area contributed by atoms with Crippen LogP contribution in [0.2, 0.25) is 5.02 Å². The Bertz CT molecular complexity index is 1000. The van der Waals surface area contributed by atoms with E-state index in [1.807, 2.05) is 42.5 Å². The second-order valence-electron chi connectivity index (χ2n) is 5.87. The lowest BCUT2D eigenvalue weighted by molar-refractivity contribution is 0.0955. The van der Waals surface area contributed by atoms with E-state index in [0.717, 1.165) is 15.6 Å². The van der Waals surface area contributed by atoms with Gasteiger partial charge in [-0.1, -0.05) is 57.9 Å². The lowest BCUT2D eigenvalue weighted by atomic mass is 10.0. The van der Waals surface area contributed by atoms with Crippen LogP contribution in [0, 0.1) is 0 Å². The molecule has 0 saturated carbocycles. The van der Waals surface area contributed by atoms with Crippen LogP contribution in [-0.2, 0) is 6.42 Å². The molecule has 6 heteroatoms. The van der Waals surface area contributed by atoms with Crippen LogP contribution in [-0.4, -0.2) is 17.2 Å². The standard InChI is InChI=1S/C21H16BrClN2O2/c22-18-6-3-5-16(12-18)21(27)25-24-13-17-11-14(8-9-20(17)26)10-15-4-1-2-7-19(15)23/h1-9,11-13,26H,10H2,(H,25,27)/b24-13-. The van der Waals surface area contributed by atoms with Crippen LogP contribution in [0.4, 0.5) is 0 Å². The number of halogens is 2. The van der Waals surface area contributed by atoms with E-state index in [4.69, 9.17) is 11.6 Å². The van der Waals surface area contributed by atoms with E-state index in [2.05, 4.69) is 26.5 Å². The highest BCUT2D eigenvalue weighted by Crippen LogP contribution is 2.22. The van der Waals surface area contributed by atoms with Gasteiger partial charge < -0.3 is 5.11 Å². The van der Waals surface area contributed by atoms with Crippen LogP contribution >= 0.6 is 27.5 Å². The fourth-order valence-electron chi connectivity index (χ4n) is 2.53. The summed E-state index contributed by atoms with van der Waals surface area (Å²) in [6.07, 6.45) is 2.05. The minimum absolute atomic E-state index is 0.0818. The Labute approximate surface area is 170 Å². The smallest absolute Gasteiger partial charge is 0.271 e. The monoisotopic (exact) mass is 442 g/mol. The SMILES string of the molecule is O=C(N/N=C\c1cc(Cc2ccccc2Cl)ccc1O)c1cccc(Br)c1. The first-order chi connectivity index (χ1) is 13.0. The average molecular weight is 444 g/mol. The molecule has 1 amide bonds. The highest BCUT2D eigenvalue weighted by molar-refractivity contribution is 9.10. The minimum atomic E-state index is -0.334. The number of hydrogen-bond acceptors (Lipinski definition) is 3. The highest BCUT2D eigenvalue weighted by atomic mass is 79.9. The second kappa shape index (κ2) is 8.84. The molecule has 0 radical (unpaired) electrons. The lowest BCUT2D eigenvalue weighted by Gasteiger charge is -2.07. The molecule has 0 heterocycles. The van der Waals surface area contributed by atoms with Crippen molar-refractivity contribution in [3.05, 3.63) is 98.5 Å². The number of hydrazone groups is 1. The molecular weight excluding hydrogens is 428 g/mol. The number of hydrogen-bond donors (Lipinski definition) is 2. The van der Waals surface area contributed by atoms with Crippen molar-refractivity contribution in [1.82, 2.24) is 5.43 Å². The summed E-state index contributed by atoms with van der Waals surface area (Å²) < 4.78 is 0.809. The van der Waals surface area contributed by atoms with Crippen LogP contribution in [0.25, 0.3) is 0 Å². The molecule has 4 nitrogen and oxygen atoms in total. The zero-order valence-electron chi connectivity index (χ0n) is 14.2. The molecular formula is C21H16BrClN2O2. The Morgan fingerprint density at radius 3 is 2.70 bits per heavy atom. The largest absolute Gasteiger partial charge is 0.507 e. The van der Waals surface area contributed by atoms with Gasteiger partial charge in [-0.3, -0.25) is 4.79 Å². The van der Waals surface area contributed by atoms with Crippen LogP contribution < -0.4 is 5.43 Å². The van der Waals surface area contributed by atoms with Gasteiger partial charge in [0.25, 0.3) is 5.91 Å². The molecule has 0 atom stereocenters. The van der Waals surface area contributed by atoms with Crippen molar-refractivity contribution in [3.63, 3.8) is 0 Å². The van der Waals surface area contributed by atoms with E-state index in [9.17, 15) is 9.90 Å². The van der Waals surface area contributed by atoms with Gasteiger partial charge in [0, 0.05) is 20.6 Å². The minimum Gasteiger partial charge on any atom is -0.507 e. The first-order valence-electron chi connectivity index (χ1n) is 8.17. The highest BCUT2D eigenvalue weighted by Gasteiger charge is 2.06. The summed E-state index contributed by atoms with van der Waals surface area (Å²) in [5, 5.41) is 14.7. The molecule has 3 aromatic carbocycles. The number of carbonyl (C=O) groups excluding carboxylic acids is 1. The van der Waals surface area contributed by atoms with Crippen LogP contribution in [0.5, 0.6) is 5.75 Å². The van der Waals surface area contributed by atoms with Crippen molar-refractivity contribution >= 4 is 39.7 Å². The van der Waals surface area contributed by atoms with Gasteiger partial charge in [-0.2, -0.15) is 5.10 Å². The number of nitrogens with one attached hydrogen (secondary N) is 1. The summed E-state index contributed by atoms with van der Waals surface area (Å²) in [6.45, 7) is 0. The quantitative estimate of drug-likeness (QED) is 0.422. The van der Waals surface area contributed by atoms with Crippen LogP contribution in [0.15, 0.2) is 76.3 Å². The van der Waals surface area contributed by atoms with E-state index in [0.29, 0.717) is 22.6 Å². The first kappa shape index (κ1) is 19.1. The summed E-state index contributed by atoms with van der Waals surface area (Å²) in [4.78, 5) is 12.1. The molecule has 0 fully saturated rings. The molecule has 3 aromatic rings. The maximum absolute atomic E-state index is 12.1. The van der Waals surface area contributed by atoms with Gasteiger partial charge in [0.05, 0.1) is 6.21 Å². The molecule has 0 aliphatic heterocycles. The lowest BCUT2D eigenvalue weighted by Crippen LogP contribution is -2.17. The van der Waals surface area contributed by atoms with Gasteiger partial charge in [-0.15, -0.1) is 0 Å². The molecule has 0 saturated heterocycles. The zero-order chi connectivity index (χ0) is 19.2. The van der Waals surface area contributed by atoms with Crippen molar-refractivity contribution in [3.8, 4) is 5.75 Å². The van der Waals surface area contributed by atoms with Crippen molar-refractivity contribution in [2.45, 2.75) is 6.42 Å². The van der Waals surface area contributed by atoms with Gasteiger partial charge in [-0.25, -0.2) is 5.43 Å². The van der Waals surface area contributed by atoms with Crippen molar-refractivity contribution in [2.75, 3.05) is 0 Å². The van der Waals surface area contributed by atoms with E-state index in [1.54, 1.807) is 24.3 Å². The number of phenolic OH excluding ortho intramolecular Hbond substituents is 1. The van der Waals surface area contributed by atoms with Crippen molar-refractivity contribution < 1.29 is 9.90 Å². The predicted octanol–water partition coefficient (Wildman–Crippen LogP) is 5.16. The molecule has 0 aliphatic carbocycles. The second-order valence-corrected chi connectivity index (χ2v) is 7.19. The predicted molar refractivity (Wildman–Crippen MR) is 112 cm³/mol. The molecule has 27 heavy (non-hydrogen) atoms. The maximum atomic E-state index is 12.1. The molecule has 3 rings (SSSR count). The summed E-state index contributed by atoms with van der Waals surface area (Å²) >= 11 is 9.53. The third kappa shape index (κ3) is 5.18. The number of phenols is 1. The summed E-state index contributed by atoms with van der Waals surface area (Å²) in [7, 11) is 0. The molecule has 0 bridgehead atoms. The van der Waals surface area contributed by atoms with Gasteiger partial charge in [0.1, 0.15) is 5.75 Å². The molecule has 0 unspecified atom stereocenters. The van der Waals surface area contributed by atoms with Gasteiger partial charge in [0.2, 0.25) is 0 Å². The Morgan fingerprint density at radius 1 is 1.11 bits per heavy atom. The maximum Gasteiger partial charge on any atom is 0.271 e. The van der Waals surface area contributed by atoms with Gasteiger partial charge in [0.15, 0.2) is 0 Å². The molecule has 0 spiro atoms. The van der Waals surface area contributed by atoms with E-state index < -0.39 is 0 Å².